The van der Waals surface area contributed by atoms with Crippen LogP contribution in [-0.2, 0) is 0 Å². The maximum Gasteiger partial charge on any atom is 0.270 e. The van der Waals surface area contributed by atoms with E-state index in [2.05, 4.69) is 15.3 Å². The average Bonchev–Trinajstić information content (AvgIpc) is 2.69. The van der Waals surface area contributed by atoms with Gasteiger partial charge < -0.3 is 5.32 Å². The number of nitro benzene ring substituents is 1. The van der Waals surface area contributed by atoms with Crippen LogP contribution in [0.4, 0.5) is 21.6 Å². The first kappa shape index (κ1) is 16.6. The highest BCUT2D eigenvalue weighted by Crippen LogP contribution is 2.29. The van der Waals surface area contributed by atoms with Crippen molar-refractivity contribution in [1.29, 1.82) is 0 Å². The van der Waals surface area contributed by atoms with E-state index >= 15 is 0 Å². The molecule has 0 spiro atoms. The van der Waals surface area contributed by atoms with Crippen LogP contribution in [0.3, 0.4) is 0 Å². The zero-order valence-electron chi connectivity index (χ0n) is 14.0. The molecule has 0 unspecified atom stereocenters. The Hall–Kier alpha value is -3.87. The van der Waals surface area contributed by atoms with Gasteiger partial charge in [0.25, 0.3) is 5.69 Å². The molecule has 27 heavy (non-hydrogen) atoms. The topological polar surface area (TPSA) is 81.0 Å². The molecule has 4 rings (SSSR count). The maximum atomic E-state index is 14.1. The smallest absolute Gasteiger partial charge is 0.270 e. The first-order valence-corrected chi connectivity index (χ1v) is 8.15. The normalized spacial score (nSPS) is 10.7. The summed E-state index contributed by atoms with van der Waals surface area (Å²) in [6.07, 6.45) is 0. The first-order chi connectivity index (χ1) is 13.1. The second-order valence-corrected chi connectivity index (χ2v) is 5.83. The summed E-state index contributed by atoms with van der Waals surface area (Å²) in [6.45, 7) is 0. The highest BCUT2D eigenvalue weighted by Gasteiger charge is 2.13. The van der Waals surface area contributed by atoms with E-state index in [1.807, 2.05) is 24.3 Å². The number of nitrogens with one attached hydrogen (secondary N) is 1. The van der Waals surface area contributed by atoms with Gasteiger partial charge in [-0.05, 0) is 24.3 Å². The van der Waals surface area contributed by atoms with Gasteiger partial charge in [0.2, 0.25) is 0 Å². The quantitative estimate of drug-likeness (QED) is 0.405. The third kappa shape index (κ3) is 3.30. The van der Waals surface area contributed by atoms with E-state index < -0.39 is 10.7 Å². The fraction of sp³-hybridized carbons (Fsp3) is 0. The van der Waals surface area contributed by atoms with Gasteiger partial charge in [-0.3, -0.25) is 10.1 Å². The third-order valence-corrected chi connectivity index (χ3v) is 4.05. The lowest BCUT2D eigenvalue weighted by Gasteiger charge is -2.11. The van der Waals surface area contributed by atoms with Gasteiger partial charge in [-0.25, -0.2) is 14.4 Å². The number of aromatic nitrogens is 2. The molecule has 1 heterocycles. The predicted octanol–water partition coefficient (Wildman–Crippen LogP) is 5.09. The molecule has 0 aliphatic rings. The van der Waals surface area contributed by atoms with E-state index in [0.717, 1.165) is 5.39 Å². The van der Waals surface area contributed by atoms with E-state index in [1.165, 1.54) is 18.2 Å². The van der Waals surface area contributed by atoms with Crippen molar-refractivity contribution in [3.8, 4) is 11.4 Å². The van der Waals surface area contributed by atoms with E-state index in [-0.39, 0.29) is 11.4 Å². The molecule has 1 aromatic heterocycles. The number of hydrogen-bond acceptors (Lipinski definition) is 5. The van der Waals surface area contributed by atoms with Crippen LogP contribution < -0.4 is 5.32 Å². The zero-order valence-corrected chi connectivity index (χ0v) is 14.0. The first-order valence-electron chi connectivity index (χ1n) is 8.15. The lowest BCUT2D eigenvalue weighted by Crippen LogP contribution is -2.01. The minimum Gasteiger partial charge on any atom is -0.337 e. The van der Waals surface area contributed by atoms with Crippen LogP contribution in [0.2, 0.25) is 0 Å². The van der Waals surface area contributed by atoms with Crippen molar-refractivity contribution in [2.75, 3.05) is 5.32 Å². The van der Waals surface area contributed by atoms with Crippen LogP contribution in [0.25, 0.3) is 22.3 Å². The molecule has 0 saturated heterocycles. The highest BCUT2D eigenvalue weighted by atomic mass is 19.1. The lowest BCUT2D eigenvalue weighted by atomic mass is 10.1. The standard InChI is InChI=1S/C20H13FN4O2/c21-16-9-2-4-11-18(16)23-20-15-8-1-3-10-17(15)22-19(24-20)13-6-5-7-14(12-13)25(26)27/h1-12H,(H,22,23,24). The molecule has 0 aliphatic carbocycles. The molecule has 1 N–H and O–H groups in total. The third-order valence-electron chi connectivity index (χ3n) is 4.05. The van der Waals surface area contributed by atoms with Crippen molar-refractivity contribution < 1.29 is 9.31 Å². The fourth-order valence-electron chi connectivity index (χ4n) is 2.75. The Morgan fingerprint density at radius 2 is 1.70 bits per heavy atom. The number of hydrogen-bond donors (Lipinski definition) is 1. The van der Waals surface area contributed by atoms with Crippen LogP contribution >= 0.6 is 0 Å². The summed E-state index contributed by atoms with van der Waals surface area (Å²) in [5.41, 5.74) is 1.39. The number of anilines is 2. The van der Waals surface area contributed by atoms with Gasteiger partial charge >= 0.3 is 0 Å². The molecular formula is C20H13FN4O2. The molecule has 3 aromatic carbocycles. The van der Waals surface area contributed by atoms with Gasteiger partial charge in [-0.1, -0.05) is 36.4 Å². The molecule has 7 heteroatoms. The maximum absolute atomic E-state index is 14.1. The Morgan fingerprint density at radius 3 is 2.52 bits per heavy atom. The van der Waals surface area contributed by atoms with Gasteiger partial charge in [-0.2, -0.15) is 0 Å². The molecule has 0 atom stereocenters. The molecule has 0 aliphatic heterocycles. The van der Waals surface area contributed by atoms with Crippen molar-refractivity contribution in [3.63, 3.8) is 0 Å². The molecule has 0 fully saturated rings. The number of non-ortho nitro benzene ring substituents is 1. The van der Waals surface area contributed by atoms with E-state index in [1.54, 1.807) is 30.3 Å². The Bertz CT molecular complexity index is 1160. The minimum absolute atomic E-state index is 0.0483. The molecule has 0 bridgehead atoms. The minimum atomic E-state index is -0.469. The van der Waals surface area contributed by atoms with Crippen LogP contribution in [0, 0.1) is 15.9 Å². The van der Waals surface area contributed by atoms with Gasteiger partial charge in [0, 0.05) is 23.1 Å². The SMILES string of the molecule is O=[N+]([O-])c1cccc(-c2nc(Nc3ccccc3F)c3ccccc3n2)c1. The van der Waals surface area contributed by atoms with Gasteiger partial charge in [0.15, 0.2) is 5.82 Å². The average molecular weight is 360 g/mol. The summed E-state index contributed by atoms with van der Waals surface area (Å²) < 4.78 is 14.1. The highest BCUT2D eigenvalue weighted by molar-refractivity contribution is 5.92. The molecule has 6 nitrogen and oxygen atoms in total. The van der Waals surface area contributed by atoms with Crippen LogP contribution in [0.1, 0.15) is 0 Å². The molecule has 132 valence electrons. The van der Waals surface area contributed by atoms with Crippen molar-refractivity contribution in [2.24, 2.45) is 0 Å². The van der Waals surface area contributed by atoms with Crippen LogP contribution in [0.15, 0.2) is 72.8 Å². The Balaban J connectivity index is 1.87. The van der Waals surface area contributed by atoms with Crippen molar-refractivity contribution in [3.05, 3.63) is 88.7 Å². The second kappa shape index (κ2) is 6.80. The van der Waals surface area contributed by atoms with E-state index in [9.17, 15) is 14.5 Å². The molecule has 0 radical (unpaired) electrons. The van der Waals surface area contributed by atoms with Crippen LogP contribution in [-0.4, -0.2) is 14.9 Å². The molecule has 4 aromatic rings. The van der Waals surface area contributed by atoms with Gasteiger partial charge in [0.1, 0.15) is 11.6 Å². The second-order valence-electron chi connectivity index (χ2n) is 5.83. The summed E-state index contributed by atoms with van der Waals surface area (Å²) in [6, 6.07) is 19.7. The molecule has 0 saturated carbocycles. The Morgan fingerprint density at radius 1 is 0.926 bits per heavy atom. The van der Waals surface area contributed by atoms with Gasteiger partial charge in [0.05, 0.1) is 16.1 Å². The number of nitrogens with zero attached hydrogens (tertiary/aromatic N) is 3. The van der Waals surface area contributed by atoms with Crippen molar-refractivity contribution in [1.82, 2.24) is 9.97 Å². The van der Waals surface area contributed by atoms with E-state index in [4.69, 9.17) is 0 Å². The number of rotatable bonds is 4. The summed E-state index contributed by atoms with van der Waals surface area (Å²) >= 11 is 0. The summed E-state index contributed by atoms with van der Waals surface area (Å²) in [5.74, 6) is 0.334. The summed E-state index contributed by atoms with van der Waals surface area (Å²) in [5, 5.41) is 14.8. The lowest BCUT2D eigenvalue weighted by molar-refractivity contribution is -0.384. The molecular weight excluding hydrogens is 347 g/mol. The fourth-order valence-corrected chi connectivity index (χ4v) is 2.75. The van der Waals surface area contributed by atoms with Crippen LogP contribution in [0.5, 0.6) is 0 Å². The Kier molecular flexibility index (Phi) is 4.18. The number of halogens is 1. The summed E-state index contributed by atoms with van der Waals surface area (Å²) in [7, 11) is 0. The molecule has 0 amide bonds. The zero-order chi connectivity index (χ0) is 18.8. The van der Waals surface area contributed by atoms with E-state index in [0.29, 0.717) is 22.7 Å². The number of benzene rings is 3. The van der Waals surface area contributed by atoms with Crippen molar-refractivity contribution >= 4 is 28.1 Å². The van der Waals surface area contributed by atoms with Gasteiger partial charge in [-0.15, -0.1) is 0 Å². The van der Waals surface area contributed by atoms with Crippen molar-refractivity contribution in [2.45, 2.75) is 0 Å². The summed E-state index contributed by atoms with van der Waals surface area (Å²) in [4.78, 5) is 19.6. The predicted molar refractivity (Wildman–Crippen MR) is 101 cm³/mol. The number of fused-ring (bicyclic) bond motifs is 1. The Labute approximate surface area is 153 Å². The largest absolute Gasteiger partial charge is 0.337 e. The monoisotopic (exact) mass is 360 g/mol. The number of para-hydroxylation sites is 2. The number of nitro groups is 1.